The van der Waals surface area contributed by atoms with E-state index in [4.69, 9.17) is 9.52 Å². The minimum atomic E-state index is -1.21. The lowest BCUT2D eigenvalue weighted by atomic mass is 10.2. The molecule has 1 atom stereocenters. The maximum atomic E-state index is 11.8. The van der Waals surface area contributed by atoms with Crippen LogP contribution in [0.15, 0.2) is 21.8 Å². The molecule has 0 spiro atoms. The number of amides is 1. The molecule has 1 aromatic heterocycles. The number of hydrogen-bond donors (Lipinski definition) is 3. The fourth-order valence-corrected chi connectivity index (χ4v) is 2.16. The molecule has 7 nitrogen and oxygen atoms in total. The first-order valence-corrected chi connectivity index (χ1v) is 6.11. The highest BCUT2D eigenvalue weighted by Gasteiger charge is 2.24. The van der Waals surface area contributed by atoms with Gasteiger partial charge in [0.2, 0.25) is 5.76 Å². The highest BCUT2D eigenvalue weighted by molar-refractivity contribution is 8.14. The van der Waals surface area contributed by atoms with Crippen LogP contribution in [0.3, 0.4) is 0 Å². The summed E-state index contributed by atoms with van der Waals surface area (Å²) in [5, 5.41) is 15.8. The third-order valence-electron chi connectivity index (χ3n) is 2.26. The lowest BCUT2D eigenvalue weighted by molar-refractivity contribution is 0.0689. The number of thioether (sulfide) groups is 1. The third kappa shape index (κ3) is 2.48. The van der Waals surface area contributed by atoms with Crippen LogP contribution in [0.25, 0.3) is 0 Å². The van der Waals surface area contributed by atoms with Crippen LogP contribution in [0.4, 0.5) is 0 Å². The quantitative estimate of drug-likeness (QED) is 0.757. The Balaban J connectivity index is 2.05. The van der Waals surface area contributed by atoms with E-state index in [1.54, 1.807) is 0 Å². The van der Waals surface area contributed by atoms with E-state index < -0.39 is 11.9 Å². The number of carbonyl (C=O) groups excluding carboxylic acids is 1. The van der Waals surface area contributed by atoms with Crippen molar-refractivity contribution in [1.29, 1.82) is 0 Å². The molecule has 1 unspecified atom stereocenters. The number of hydrazone groups is 1. The molecular formula is C10H11N3O4S. The fourth-order valence-electron chi connectivity index (χ4n) is 1.36. The van der Waals surface area contributed by atoms with E-state index in [0.717, 1.165) is 12.7 Å². The topological polar surface area (TPSA) is 104 Å². The molecule has 1 aliphatic heterocycles. The van der Waals surface area contributed by atoms with Crippen LogP contribution >= 0.6 is 11.8 Å². The van der Waals surface area contributed by atoms with Gasteiger partial charge < -0.3 is 9.52 Å². The summed E-state index contributed by atoms with van der Waals surface area (Å²) >= 11 is 1.37. The first-order valence-electron chi connectivity index (χ1n) is 5.23. The summed E-state index contributed by atoms with van der Waals surface area (Å²) in [6.45, 7) is 1.99. The Kier molecular flexibility index (Phi) is 3.56. The summed E-state index contributed by atoms with van der Waals surface area (Å²) in [7, 11) is 0. The molecular weight excluding hydrogens is 258 g/mol. The predicted octanol–water partition coefficient (Wildman–Crippen LogP) is 1.05. The van der Waals surface area contributed by atoms with Crippen molar-refractivity contribution in [3.05, 3.63) is 23.7 Å². The van der Waals surface area contributed by atoms with Gasteiger partial charge in [-0.3, -0.25) is 15.5 Å². The van der Waals surface area contributed by atoms with E-state index in [2.05, 4.69) is 15.8 Å². The van der Waals surface area contributed by atoms with Crippen LogP contribution in [0.1, 0.15) is 34.3 Å². The molecule has 0 saturated heterocycles. The number of nitrogens with one attached hydrogen (secondary N) is 2. The Bertz CT molecular complexity index is 511. The molecule has 0 aromatic carbocycles. The van der Waals surface area contributed by atoms with Gasteiger partial charge in [0.25, 0.3) is 5.91 Å². The molecule has 1 amide bonds. The smallest absolute Gasteiger partial charge is 0.339 e. The second kappa shape index (κ2) is 5.13. The van der Waals surface area contributed by atoms with E-state index in [9.17, 15) is 9.59 Å². The van der Waals surface area contributed by atoms with Crippen molar-refractivity contribution < 1.29 is 19.1 Å². The first kappa shape index (κ1) is 12.5. The standard InChI is InChI=1S/C10H11N3O4S/c1-2-6-12-13-10(18-6)11-8(14)7-5(9(15)16)3-4-17-7/h3-4,6,12H,2H2,1H3,(H,15,16)(H,11,13,14). The monoisotopic (exact) mass is 269 g/mol. The molecule has 0 bridgehead atoms. The largest absolute Gasteiger partial charge is 0.478 e. The number of nitrogens with zero attached hydrogens (tertiary/aromatic N) is 1. The summed E-state index contributed by atoms with van der Waals surface area (Å²) < 4.78 is 4.87. The second-order valence-corrected chi connectivity index (χ2v) is 4.67. The summed E-state index contributed by atoms with van der Waals surface area (Å²) in [5.41, 5.74) is 2.66. The van der Waals surface area contributed by atoms with Gasteiger partial charge in [-0.2, -0.15) is 5.10 Å². The summed E-state index contributed by atoms with van der Waals surface area (Å²) in [6.07, 6.45) is 2.02. The number of furan rings is 1. The number of amidine groups is 1. The maximum Gasteiger partial charge on any atom is 0.339 e. The maximum absolute atomic E-state index is 11.8. The zero-order valence-corrected chi connectivity index (χ0v) is 10.3. The van der Waals surface area contributed by atoms with Crippen molar-refractivity contribution in [2.45, 2.75) is 18.7 Å². The molecule has 0 radical (unpaired) electrons. The van der Waals surface area contributed by atoms with E-state index in [0.29, 0.717) is 5.17 Å². The summed E-state index contributed by atoms with van der Waals surface area (Å²) in [6, 6.07) is 1.23. The highest BCUT2D eigenvalue weighted by Crippen LogP contribution is 2.18. The minimum absolute atomic E-state index is 0.121. The van der Waals surface area contributed by atoms with E-state index in [1.165, 1.54) is 17.8 Å². The van der Waals surface area contributed by atoms with Crippen LogP contribution in [0.5, 0.6) is 0 Å². The van der Waals surface area contributed by atoms with Gasteiger partial charge in [-0.1, -0.05) is 18.7 Å². The lowest BCUT2D eigenvalue weighted by Gasteiger charge is -2.04. The Hall–Kier alpha value is -1.96. The van der Waals surface area contributed by atoms with E-state index in [1.807, 2.05) is 6.92 Å². The number of rotatable bonds is 3. The van der Waals surface area contributed by atoms with Crippen LogP contribution in [-0.2, 0) is 0 Å². The van der Waals surface area contributed by atoms with Crippen LogP contribution in [0, 0.1) is 0 Å². The molecule has 18 heavy (non-hydrogen) atoms. The molecule has 0 saturated carbocycles. The SMILES string of the molecule is CCC1NN=C(NC(=O)c2occc2C(=O)O)S1. The first-order chi connectivity index (χ1) is 8.61. The Labute approximate surface area is 107 Å². The van der Waals surface area contributed by atoms with Gasteiger partial charge in [0.15, 0.2) is 5.17 Å². The molecule has 1 aromatic rings. The molecule has 2 heterocycles. The second-order valence-electron chi connectivity index (χ2n) is 3.48. The van der Waals surface area contributed by atoms with Gasteiger partial charge in [-0.25, -0.2) is 4.79 Å². The molecule has 8 heteroatoms. The number of aromatic carboxylic acids is 1. The van der Waals surface area contributed by atoms with Crippen LogP contribution < -0.4 is 10.7 Å². The molecule has 0 fully saturated rings. The summed E-state index contributed by atoms with van der Waals surface area (Å²) in [5.74, 6) is -2.06. The number of hydrogen-bond acceptors (Lipinski definition) is 6. The van der Waals surface area contributed by atoms with Crippen LogP contribution in [0.2, 0.25) is 0 Å². The third-order valence-corrected chi connectivity index (χ3v) is 3.40. The molecule has 0 aliphatic carbocycles. The van der Waals surface area contributed by atoms with E-state index in [-0.39, 0.29) is 16.7 Å². The fraction of sp³-hybridized carbons (Fsp3) is 0.300. The van der Waals surface area contributed by atoms with Crippen molar-refractivity contribution in [2.75, 3.05) is 0 Å². The van der Waals surface area contributed by atoms with Crippen molar-refractivity contribution in [2.24, 2.45) is 5.10 Å². The van der Waals surface area contributed by atoms with Gasteiger partial charge >= 0.3 is 5.97 Å². The highest BCUT2D eigenvalue weighted by atomic mass is 32.2. The Morgan fingerprint density at radius 2 is 2.44 bits per heavy atom. The van der Waals surface area contributed by atoms with Gasteiger partial charge in [0, 0.05) is 0 Å². The van der Waals surface area contributed by atoms with Crippen LogP contribution in [-0.4, -0.2) is 27.5 Å². The molecule has 3 N–H and O–H groups in total. The van der Waals surface area contributed by atoms with Crippen molar-refractivity contribution in [3.63, 3.8) is 0 Å². The van der Waals surface area contributed by atoms with Gasteiger partial charge in [0.1, 0.15) is 5.56 Å². The normalized spacial score (nSPS) is 18.1. The van der Waals surface area contributed by atoms with Crippen molar-refractivity contribution in [1.82, 2.24) is 10.7 Å². The van der Waals surface area contributed by atoms with Gasteiger partial charge in [-0.15, -0.1) is 0 Å². The molecule has 2 rings (SSSR count). The average Bonchev–Trinajstić information content (AvgIpc) is 2.96. The predicted molar refractivity (Wildman–Crippen MR) is 65.4 cm³/mol. The Morgan fingerprint density at radius 1 is 1.67 bits per heavy atom. The van der Waals surface area contributed by atoms with E-state index >= 15 is 0 Å². The Morgan fingerprint density at radius 3 is 3.06 bits per heavy atom. The number of carbonyl (C=O) groups is 2. The van der Waals surface area contributed by atoms with Gasteiger partial charge in [0.05, 0.1) is 11.6 Å². The van der Waals surface area contributed by atoms with Crippen molar-refractivity contribution in [3.8, 4) is 0 Å². The zero-order chi connectivity index (χ0) is 13.1. The minimum Gasteiger partial charge on any atom is -0.478 e. The number of carboxylic acid groups (broad SMARTS) is 1. The average molecular weight is 269 g/mol. The zero-order valence-electron chi connectivity index (χ0n) is 9.47. The lowest BCUT2D eigenvalue weighted by Crippen LogP contribution is -2.28. The van der Waals surface area contributed by atoms with Crippen molar-refractivity contribution >= 4 is 28.8 Å². The number of carboxylic acids is 1. The summed E-state index contributed by atoms with van der Waals surface area (Å²) in [4.78, 5) is 22.6. The molecule has 1 aliphatic rings. The van der Waals surface area contributed by atoms with Gasteiger partial charge in [-0.05, 0) is 12.5 Å². The molecule has 96 valence electrons.